The first kappa shape index (κ1) is 15.2. The van der Waals surface area contributed by atoms with E-state index in [1.165, 1.54) is 16.7 Å². The summed E-state index contributed by atoms with van der Waals surface area (Å²) in [4.78, 5) is 0. The second kappa shape index (κ2) is 4.95. The molecule has 2 nitrogen and oxygen atoms in total. The molecule has 0 aliphatic carbocycles. The van der Waals surface area contributed by atoms with Crippen LogP contribution in [0.1, 0.15) is 49.9 Å². The molecule has 0 atom stereocenters. The van der Waals surface area contributed by atoms with Gasteiger partial charge in [-0.2, -0.15) is 0 Å². The molecule has 0 amide bonds. The molecule has 1 fully saturated rings. The molecule has 0 saturated carbocycles. The van der Waals surface area contributed by atoms with Crippen molar-refractivity contribution in [3.8, 4) is 11.7 Å². The highest BCUT2D eigenvalue weighted by molar-refractivity contribution is 6.55. The molecular formula is C17H23BO2. The van der Waals surface area contributed by atoms with Gasteiger partial charge >= 0.3 is 7.12 Å². The van der Waals surface area contributed by atoms with Crippen LogP contribution in [-0.2, 0) is 9.31 Å². The van der Waals surface area contributed by atoms with Crippen LogP contribution in [0, 0.1) is 32.5 Å². The topological polar surface area (TPSA) is 18.5 Å². The number of aryl methyl sites for hydroxylation is 3. The number of rotatable bonds is 0. The Kier molecular flexibility index (Phi) is 3.75. The van der Waals surface area contributed by atoms with Gasteiger partial charge in [-0.1, -0.05) is 29.4 Å². The fraction of sp³-hybridized carbons (Fsp3) is 0.529. The third-order valence-corrected chi connectivity index (χ3v) is 4.25. The van der Waals surface area contributed by atoms with E-state index in [0.717, 1.165) is 5.56 Å². The quantitative estimate of drug-likeness (QED) is 0.529. The van der Waals surface area contributed by atoms with E-state index in [2.05, 4.69) is 44.6 Å². The van der Waals surface area contributed by atoms with Crippen LogP contribution >= 0.6 is 0 Å². The minimum atomic E-state index is -0.458. The van der Waals surface area contributed by atoms with E-state index in [1.54, 1.807) is 0 Å². The maximum atomic E-state index is 5.89. The van der Waals surface area contributed by atoms with Gasteiger partial charge in [-0.15, -0.1) is 0 Å². The largest absolute Gasteiger partial charge is 0.551 e. The molecule has 1 saturated heterocycles. The summed E-state index contributed by atoms with van der Waals surface area (Å²) in [5.74, 6) is 6.34. The monoisotopic (exact) mass is 270 g/mol. The third-order valence-electron chi connectivity index (χ3n) is 4.25. The van der Waals surface area contributed by atoms with Crippen LogP contribution in [0.4, 0.5) is 0 Å². The Hall–Kier alpha value is -1.24. The van der Waals surface area contributed by atoms with Crippen molar-refractivity contribution in [3.63, 3.8) is 0 Å². The van der Waals surface area contributed by atoms with Gasteiger partial charge in [0.25, 0.3) is 0 Å². The van der Waals surface area contributed by atoms with Crippen molar-refractivity contribution < 1.29 is 9.31 Å². The van der Waals surface area contributed by atoms with E-state index in [1.807, 2.05) is 27.7 Å². The summed E-state index contributed by atoms with van der Waals surface area (Å²) in [6.45, 7) is 14.4. The van der Waals surface area contributed by atoms with E-state index in [9.17, 15) is 0 Å². The van der Waals surface area contributed by atoms with Crippen molar-refractivity contribution in [1.82, 2.24) is 0 Å². The normalized spacial score (nSPS) is 19.6. The van der Waals surface area contributed by atoms with Gasteiger partial charge in [-0.3, -0.25) is 0 Å². The van der Waals surface area contributed by atoms with E-state index in [4.69, 9.17) is 9.31 Å². The van der Waals surface area contributed by atoms with Crippen molar-refractivity contribution >= 4 is 7.12 Å². The average Bonchev–Trinajstić information content (AvgIpc) is 2.45. The van der Waals surface area contributed by atoms with Crippen LogP contribution in [0.3, 0.4) is 0 Å². The van der Waals surface area contributed by atoms with E-state index in [-0.39, 0.29) is 11.2 Å². The van der Waals surface area contributed by atoms with Crippen LogP contribution in [0.15, 0.2) is 12.1 Å². The molecule has 0 spiro atoms. The van der Waals surface area contributed by atoms with Gasteiger partial charge in [0.2, 0.25) is 0 Å². The molecule has 1 aliphatic rings. The van der Waals surface area contributed by atoms with Gasteiger partial charge in [0.15, 0.2) is 0 Å². The molecule has 106 valence electrons. The average molecular weight is 270 g/mol. The lowest BCUT2D eigenvalue weighted by Gasteiger charge is -2.32. The second-order valence-corrected chi connectivity index (χ2v) is 6.63. The van der Waals surface area contributed by atoms with E-state index < -0.39 is 7.12 Å². The van der Waals surface area contributed by atoms with Gasteiger partial charge in [0, 0.05) is 5.56 Å². The summed E-state index contributed by atoms with van der Waals surface area (Å²) in [6, 6.07) is 4.31. The lowest BCUT2D eigenvalue weighted by atomic mass is 9.90. The summed E-state index contributed by atoms with van der Waals surface area (Å²) in [6.07, 6.45) is 0. The van der Waals surface area contributed by atoms with Gasteiger partial charge in [-0.25, -0.2) is 0 Å². The SMILES string of the molecule is Cc1cc(C)c(C#CB2OC(C)(C)C(C)(C)O2)c(C)c1. The molecule has 1 aromatic carbocycles. The molecule has 0 aromatic heterocycles. The fourth-order valence-corrected chi connectivity index (χ4v) is 2.41. The first-order valence-corrected chi connectivity index (χ1v) is 7.07. The zero-order chi connectivity index (χ0) is 15.1. The van der Waals surface area contributed by atoms with Crippen molar-refractivity contribution in [2.75, 3.05) is 0 Å². The molecule has 2 rings (SSSR count). The van der Waals surface area contributed by atoms with Crippen LogP contribution in [-0.4, -0.2) is 18.3 Å². The third kappa shape index (κ3) is 2.77. The van der Waals surface area contributed by atoms with Crippen molar-refractivity contribution in [1.29, 1.82) is 0 Å². The lowest BCUT2D eigenvalue weighted by molar-refractivity contribution is 0.00578. The standard InChI is InChI=1S/C17H23BO2/c1-12-10-13(2)15(14(3)11-12)8-9-18-19-16(4,5)17(6,7)20-18/h10-11H,1-7H3. The number of benzene rings is 1. The zero-order valence-corrected chi connectivity index (χ0v) is 13.5. The van der Waals surface area contributed by atoms with Gasteiger partial charge in [0.05, 0.1) is 11.2 Å². The van der Waals surface area contributed by atoms with Crippen molar-refractivity contribution in [2.45, 2.75) is 59.7 Å². The van der Waals surface area contributed by atoms with E-state index >= 15 is 0 Å². The summed E-state index contributed by atoms with van der Waals surface area (Å²) in [5.41, 5.74) is 4.08. The van der Waals surface area contributed by atoms with Crippen molar-refractivity contribution in [2.24, 2.45) is 0 Å². The summed E-state index contributed by atoms with van der Waals surface area (Å²) < 4.78 is 11.8. The Morgan fingerprint density at radius 3 is 1.80 bits per heavy atom. The summed E-state index contributed by atoms with van der Waals surface area (Å²) in [7, 11) is -0.458. The molecule has 1 aromatic rings. The molecule has 1 aliphatic heterocycles. The van der Waals surface area contributed by atoms with Crippen LogP contribution < -0.4 is 0 Å². The molecule has 20 heavy (non-hydrogen) atoms. The second-order valence-electron chi connectivity index (χ2n) is 6.63. The van der Waals surface area contributed by atoms with Crippen molar-refractivity contribution in [3.05, 3.63) is 34.4 Å². The van der Waals surface area contributed by atoms with Gasteiger partial charge < -0.3 is 9.31 Å². The summed E-state index contributed by atoms with van der Waals surface area (Å²) in [5, 5.41) is 0. The van der Waals surface area contributed by atoms with Crippen LogP contribution in [0.2, 0.25) is 0 Å². The molecule has 1 heterocycles. The number of hydrogen-bond donors (Lipinski definition) is 0. The first-order chi connectivity index (χ1) is 9.12. The van der Waals surface area contributed by atoms with Gasteiger partial charge in [0.1, 0.15) is 0 Å². The molecule has 3 heteroatoms. The summed E-state index contributed by atoms with van der Waals surface area (Å²) >= 11 is 0. The highest BCUT2D eigenvalue weighted by atomic mass is 16.7. The van der Waals surface area contributed by atoms with E-state index in [0.29, 0.717) is 0 Å². The Labute approximate surface area is 123 Å². The molecule has 0 unspecified atom stereocenters. The molecular weight excluding hydrogens is 247 g/mol. The van der Waals surface area contributed by atoms with Crippen LogP contribution in [0.25, 0.3) is 0 Å². The maximum Gasteiger partial charge on any atom is 0.551 e. The zero-order valence-electron chi connectivity index (χ0n) is 13.5. The molecule has 0 radical (unpaired) electrons. The predicted molar refractivity (Wildman–Crippen MR) is 83.6 cm³/mol. The van der Waals surface area contributed by atoms with Crippen LogP contribution in [0.5, 0.6) is 0 Å². The molecule has 0 N–H and O–H groups in total. The van der Waals surface area contributed by atoms with Gasteiger partial charge in [-0.05, 0) is 59.6 Å². The Bertz CT molecular complexity index is 552. The predicted octanol–water partition coefficient (Wildman–Crippen LogP) is 3.59. The minimum Gasteiger partial charge on any atom is -0.392 e. The highest BCUT2D eigenvalue weighted by Gasteiger charge is 2.50. The molecule has 0 bridgehead atoms. The maximum absolute atomic E-state index is 5.89. The smallest absolute Gasteiger partial charge is 0.392 e. The number of hydrogen-bond acceptors (Lipinski definition) is 2. The lowest BCUT2D eigenvalue weighted by Crippen LogP contribution is -2.41. The minimum absolute atomic E-state index is 0.330. The fourth-order valence-electron chi connectivity index (χ4n) is 2.41. The Morgan fingerprint density at radius 1 is 0.900 bits per heavy atom. The Balaban J connectivity index is 2.26. The first-order valence-electron chi connectivity index (χ1n) is 7.07. The Morgan fingerprint density at radius 2 is 1.35 bits per heavy atom. The highest BCUT2D eigenvalue weighted by Crippen LogP contribution is 2.36.